The smallest absolute Gasteiger partial charge is 0.264 e. The van der Waals surface area contributed by atoms with Crippen molar-refractivity contribution < 1.29 is 14.3 Å². The Balaban J connectivity index is 2.02. The van der Waals surface area contributed by atoms with Crippen LogP contribution >= 0.6 is 11.3 Å². The summed E-state index contributed by atoms with van der Waals surface area (Å²) in [6.45, 7) is 0. The predicted octanol–water partition coefficient (Wildman–Crippen LogP) is 2.34. The molecule has 1 saturated carbocycles. The van der Waals surface area contributed by atoms with Gasteiger partial charge in [-0.3, -0.25) is 9.59 Å². The summed E-state index contributed by atoms with van der Waals surface area (Å²) < 4.78 is 5.08. The maximum absolute atomic E-state index is 12.3. The van der Waals surface area contributed by atoms with E-state index < -0.39 is 0 Å². The first kappa shape index (κ1) is 13.1. The van der Waals surface area contributed by atoms with Crippen LogP contribution in [0.2, 0.25) is 0 Å². The molecule has 5 heteroatoms. The molecule has 0 atom stereocenters. The Hall–Kier alpha value is -1.36. The minimum absolute atomic E-state index is 0.0163. The summed E-state index contributed by atoms with van der Waals surface area (Å²) in [7, 11) is 3.40. The Morgan fingerprint density at radius 1 is 1.44 bits per heavy atom. The van der Waals surface area contributed by atoms with Gasteiger partial charge >= 0.3 is 0 Å². The van der Waals surface area contributed by atoms with E-state index in [1.807, 2.05) is 12.4 Å². The molecule has 0 spiro atoms. The van der Waals surface area contributed by atoms with Crippen molar-refractivity contribution in [2.45, 2.75) is 31.7 Å². The lowest BCUT2D eigenvalue weighted by Crippen LogP contribution is -2.39. The number of Topliss-reactive ketones (excluding diaryl/α,β-unsaturated/α-hetero) is 1. The molecule has 0 unspecified atom stereocenters. The Morgan fingerprint density at radius 3 is 2.67 bits per heavy atom. The highest BCUT2D eigenvalue weighted by Gasteiger charge is 2.26. The van der Waals surface area contributed by atoms with E-state index in [4.69, 9.17) is 4.74 Å². The van der Waals surface area contributed by atoms with Crippen molar-refractivity contribution >= 4 is 23.0 Å². The average molecular weight is 267 g/mol. The molecule has 1 aromatic heterocycles. The molecule has 1 fully saturated rings. The molecule has 1 aromatic rings. The molecule has 0 aromatic carbocycles. The van der Waals surface area contributed by atoms with Crippen LogP contribution in [0.25, 0.3) is 0 Å². The minimum atomic E-state index is 0.0163. The van der Waals surface area contributed by atoms with Crippen LogP contribution in [0.1, 0.15) is 35.4 Å². The van der Waals surface area contributed by atoms with Gasteiger partial charge in [0, 0.05) is 37.4 Å². The molecule has 1 aliphatic carbocycles. The van der Waals surface area contributed by atoms with Gasteiger partial charge in [-0.15, -0.1) is 11.3 Å². The lowest BCUT2D eigenvalue weighted by Gasteiger charge is -2.30. The summed E-state index contributed by atoms with van der Waals surface area (Å²) in [5, 5.41) is 1.82. The number of rotatable bonds is 3. The zero-order valence-electron chi connectivity index (χ0n) is 10.6. The molecule has 0 aliphatic heterocycles. The highest BCUT2D eigenvalue weighted by molar-refractivity contribution is 7.12. The van der Waals surface area contributed by atoms with Gasteiger partial charge < -0.3 is 9.64 Å². The van der Waals surface area contributed by atoms with Crippen LogP contribution in [-0.4, -0.2) is 36.8 Å². The monoisotopic (exact) mass is 267 g/mol. The number of nitrogens with zero attached hydrogens (tertiary/aromatic N) is 1. The standard InChI is InChI=1S/C13H17NO3S/c1-14(9-3-5-10(15)6-4-9)13(16)12-7-11(17-2)8-18-12/h7-9H,3-6H2,1-2H3. The van der Waals surface area contributed by atoms with Gasteiger partial charge in [-0.2, -0.15) is 0 Å². The van der Waals surface area contributed by atoms with Crippen molar-refractivity contribution in [2.24, 2.45) is 0 Å². The molecular weight excluding hydrogens is 250 g/mol. The third-order valence-corrected chi connectivity index (χ3v) is 4.30. The summed E-state index contributed by atoms with van der Waals surface area (Å²) in [6, 6.07) is 1.94. The second kappa shape index (κ2) is 5.52. The molecule has 0 saturated heterocycles. The maximum atomic E-state index is 12.3. The molecule has 98 valence electrons. The van der Waals surface area contributed by atoms with E-state index in [0.29, 0.717) is 23.5 Å². The quantitative estimate of drug-likeness (QED) is 0.844. The number of thiophene rings is 1. The van der Waals surface area contributed by atoms with Gasteiger partial charge in [0.2, 0.25) is 0 Å². The highest BCUT2D eigenvalue weighted by Crippen LogP contribution is 2.25. The number of carbonyl (C=O) groups excluding carboxylic acids is 2. The minimum Gasteiger partial charge on any atom is -0.496 e. The fourth-order valence-corrected chi connectivity index (χ4v) is 3.03. The second-order valence-corrected chi connectivity index (χ2v) is 5.45. The average Bonchev–Trinajstić information content (AvgIpc) is 2.86. The Labute approximate surface area is 111 Å². The molecule has 2 rings (SSSR count). The van der Waals surface area contributed by atoms with Gasteiger partial charge in [0.15, 0.2) is 0 Å². The third-order valence-electron chi connectivity index (χ3n) is 3.40. The summed E-state index contributed by atoms with van der Waals surface area (Å²) in [5.41, 5.74) is 0. The van der Waals surface area contributed by atoms with Crippen LogP contribution in [0.15, 0.2) is 11.4 Å². The van der Waals surface area contributed by atoms with Crippen LogP contribution < -0.4 is 4.74 Å². The largest absolute Gasteiger partial charge is 0.496 e. The fraction of sp³-hybridized carbons (Fsp3) is 0.538. The van der Waals surface area contributed by atoms with Crippen LogP contribution in [0.5, 0.6) is 5.75 Å². The highest BCUT2D eigenvalue weighted by atomic mass is 32.1. The zero-order valence-corrected chi connectivity index (χ0v) is 11.5. The van der Waals surface area contributed by atoms with E-state index in [0.717, 1.165) is 18.6 Å². The number of ketones is 1. The molecule has 4 nitrogen and oxygen atoms in total. The second-order valence-electron chi connectivity index (χ2n) is 4.54. The summed E-state index contributed by atoms with van der Waals surface area (Å²) in [4.78, 5) is 25.9. The van der Waals surface area contributed by atoms with Crippen LogP contribution in [0, 0.1) is 0 Å². The fourth-order valence-electron chi connectivity index (χ4n) is 2.19. The van der Waals surface area contributed by atoms with Gasteiger partial charge in [0.05, 0.1) is 12.0 Å². The lowest BCUT2D eigenvalue weighted by atomic mass is 9.93. The SMILES string of the molecule is COc1csc(C(=O)N(C)C2CCC(=O)CC2)c1. The molecule has 1 amide bonds. The summed E-state index contributed by atoms with van der Waals surface area (Å²) in [6.07, 6.45) is 2.75. The van der Waals surface area contributed by atoms with Crippen LogP contribution in [-0.2, 0) is 4.79 Å². The van der Waals surface area contributed by atoms with E-state index in [-0.39, 0.29) is 11.9 Å². The molecule has 0 bridgehead atoms. The number of hydrogen-bond donors (Lipinski definition) is 0. The first-order valence-corrected chi connectivity index (χ1v) is 6.91. The number of ether oxygens (including phenoxy) is 1. The summed E-state index contributed by atoms with van der Waals surface area (Å²) >= 11 is 1.39. The van der Waals surface area contributed by atoms with Crippen molar-refractivity contribution in [1.82, 2.24) is 4.90 Å². The predicted molar refractivity (Wildman–Crippen MR) is 70.2 cm³/mol. The maximum Gasteiger partial charge on any atom is 0.264 e. The third kappa shape index (κ3) is 2.72. The van der Waals surface area contributed by atoms with E-state index in [2.05, 4.69) is 0 Å². The van der Waals surface area contributed by atoms with Gasteiger partial charge in [0.1, 0.15) is 11.5 Å². The molecule has 0 N–H and O–H groups in total. The zero-order chi connectivity index (χ0) is 13.1. The van der Waals surface area contributed by atoms with Crippen molar-refractivity contribution in [1.29, 1.82) is 0 Å². The number of amides is 1. The topological polar surface area (TPSA) is 46.6 Å². The molecule has 1 aliphatic rings. The van der Waals surface area contributed by atoms with E-state index in [1.165, 1.54) is 11.3 Å². The molecular formula is C13H17NO3S. The number of carbonyl (C=O) groups is 2. The van der Waals surface area contributed by atoms with Gasteiger partial charge in [-0.05, 0) is 12.8 Å². The summed E-state index contributed by atoms with van der Waals surface area (Å²) in [5.74, 6) is 1.04. The number of hydrogen-bond acceptors (Lipinski definition) is 4. The van der Waals surface area contributed by atoms with Gasteiger partial charge in [-0.1, -0.05) is 0 Å². The van der Waals surface area contributed by atoms with Gasteiger partial charge in [0.25, 0.3) is 5.91 Å². The van der Waals surface area contributed by atoms with E-state index >= 15 is 0 Å². The van der Waals surface area contributed by atoms with Gasteiger partial charge in [-0.25, -0.2) is 0 Å². The van der Waals surface area contributed by atoms with Crippen LogP contribution in [0.4, 0.5) is 0 Å². The van der Waals surface area contributed by atoms with Crippen molar-refractivity contribution in [3.63, 3.8) is 0 Å². The van der Waals surface area contributed by atoms with Crippen LogP contribution in [0.3, 0.4) is 0 Å². The lowest BCUT2D eigenvalue weighted by molar-refractivity contribution is -0.121. The first-order chi connectivity index (χ1) is 8.61. The molecule has 0 radical (unpaired) electrons. The first-order valence-electron chi connectivity index (χ1n) is 6.03. The Bertz CT molecular complexity index is 445. The number of methoxy groups -OCH3 is 1. The Morgan fingerprint density at radius 2 is 2.11 bits per heavy atom. The van der Waals surface area contributed by atoms with Crippen molar-refractivity contribution in [3.8, 4) is 5.75 Å². The molecule has 18 heavy (non-hydrogen) atoms. The van der Waals surface area contributed by atoms with Crippen molar-refractivity contribution in [3.05, 3.63) is 16.3 Å². The van der Waals surface area contributed by atoms with Crippen molar-refractivity contribution in [2.75, 3.05) is 14.2 Å². The van der Waals surface area contributed by atoms with E-state index in [1.54, 1.807) is 18.1 Å². The Kier molecular flexibility index (Phi) is 4.01. The molecule has 1 heterocycles. The van der Waals surface area contributed by atoms with E-state index in [9.17, 15) is 9.59 Å². The normalized spacial score (nSPS) is 16.7.